The molecule has 0 saturated heterocycles. The first-order valence-corrected chi connectivity index (χ1v) is 6.37. The van der Waals surface area contributed by atoms with Crippen LogP contribution in [0.5, 0.6) is 0 Å². The Morgan fingerprint density at radius 3 is 2.31 bits per heavy atom. The van der Waals surface area contributed by atoms with E-state index in [1.165, 1.54) is 63.6 Å². The molecule has 0 aromatic carbocycles. The van der Waals surface area contributed by atoms with Crippen LogP contribution < -0.4 is 5.14 Å². The number of nitrogens with two attached hydrogens (primary N) is 1. The summed E-state index contributed by atoms with van der Waals surface area (Å²) >= 11 is 1.47. The number of rotatable bonds is 4. The normalized spacial score (nSPS) is 25.4. The number of nitrogens with zero attached hydrogens (tertiary/aromatic N) is 1. The maximum absolute atomic E-state index is 5.67. The monoisotopic (exact) mass is 200 g/mol. The molecule has 2 fully saturated rings. The van der Waals surface area contributed by atoms with Crippen molar-refractivity contribution in [2.75, 3.05) is 6.54 Å². The van der Waals surface area contributed by atoms with E-state index in [0.29, 0.717) is 0 Å². The van der Waals surface area contributed by atoms with E-state index in [2.05, 4.69) is 4.31 Å². The fourth-order valence-electron chi connectivity index (χ4n) is 2.26. The summed E-state index contributed by atoms with van der Waals surface area (Å²) in [5, 5.41) is 5.67. The molecule has 2 rings (SSSR count). The summed E-state index contributed by atoms with van der Waals surface area (Å²) in [6, 6.07) is 0.817. The second-order valence-corrected chi connectivity index (χ2v) is 5.12. The van der Waals surface area contributed by atoms with E-state index in [0.717, 1.165) is 12.0 Å². The van der Waals surface area contributed by atoms with E-state index in [9.17, 15) is 0 Å². The zero-order chi connectivity index (χ0) is 9.10. The minimum Gasteiger partial charge on any atom is -0.264 e. The van der Waals surface area contributed by atoms with E-state index in [1.807, 2.05) is 0 Å². The maximum atomic E-state index is 5.67. The molecule has 0 heterocycles. The molecule has 0 aromatic heterocycles. The molecule has 0 aliphatic heterocycles. The van der Waals surface area contributed by atoms with E-state index < -0.39 is 0 Å². The van der Waals surface area contributed by atoms with Crippen LogP contribution in [0.15, 0.2) is 0 Å². The molecule has 0 radical (unpaired) electrons. The Bertz CT molecular complexity index is 153. The lowest BCUT2D eigenvalue weighted by molar-refractivity contribution is 0.288. The second kappa shape index (κ2) is 4.67. The molecule has 0 spiro atoms. The van der Waals surface area contributed by atoms with Gasteiger partial charge in [0.1, 0.15) is 0 Å². The number of hydrogen-bond acceptors (Lipinski definition) is 3. The van der Waals surface area contributed by atoms with Crippen LogP contribution in [0.1, 0.15) is 44.9 Å². The molecule has 2 aliphatic carbocycles. The van der Waals surface area contributed by atoms with Gasteiger partial charge < -0.3 is 0 Å². The third-order valence-corrected chi connectivity index (χ3v) is 3.97. The van der Waals surface area contributed by atoms with Crippen molar-refractivity contribution in [3.8, 4) is 0 Å². The van der Waals surface area contributed by atoms with Gasteiger partial charge >= 0.3 is 0 Å². The largest absolute Gasteiger partial charge is 0.264 e. The first-order chi connectivity index (χ1) is 6.40. The van der Waals surface area contributed by atoms with Crippen LogP contribution in [0.2, 0.25) is 0 Å². The predicted molar refractivity (Wildman–Crippen MR) is 58.1 cm³/mol. The first kappa shape index (κ1) is 9.81. The molecule has 2 saturated carbocycles. The van der Waals surface area contributed by atoms with Crippen molar-refractivity contribution in [2.45, 2.75) is 51.0 Å². The summed E-state index contributed by atoms with van der Waals surface area (Å²) in [4.78, 5) is 0. The highest BCUT2D eigenvalue weighted by Crippen LogP contribution is 2.33. The Balaban J connectivity index is 1.73. The van der Waals surface area contributed by atoms with E-state index >= 15 is 0 Å². The van der Waals surface area contributed by atoms with E-state index in [-0.39, 0.29) is 0 Å². The van der Waals surface area contributed by atoms with Gasteiger partial charge in [0.25, 0.3) is 0 Å². The van der Waals surface area contributed by atoms with Crippen LogP contribution in [0.4, 0.5) is 0 Å². The highest BCUT2D eigenvalue weighted by Gasteiger charge is 2.30. The van der Waals surface area contributed by atoms with Crippen LogP contribution in [0.3, 0.4) is 0 Å². The average molecular weight is 200 g/mol. The summed E-state index contributed by atoms with van der Waals surface area (Å²) in [7, 11) is 0. The quantitative estimate of drug-likeness (QED) is 0.707. The SMILES string of the molecule is NSN(CC1CCCCC1)C1CC1. The van der Waals surface area contributed by atoms with Crippen LogP contribution in [0, 0.1) is 5.92 Å². The van der Waals surface area contributed by atoms with Gasteiger partial charge in [0.05, 0.1) is 0 Å². The Hall–Kier alpha value is 0.270. The Morgan fingerprint density at radius 1 is 1.08 bits per heavy atom. The summed E-state index contributed by atoms with van der Waals surface area (Å²) in [5.74, 6) is 0.936. The van der Waals surface area contributed by atoms with Crippen molar-refractivity contribution in [1.82, 2.24) is 4.31 Å². The van der Waals surface area contributed by atoms with Gasteiger partial charge in [-0.3, -0.25) is 5.14 Å². The molecule has 2 aliphatic rings. The topological polar surface area (TPSA) is 29.3 Å². The van der Waals surface area contributed by atoms with Gasteiger partial charge in [-0.15, -0.1) is 0 Å². The van der Waals surface area contributed by atoms with Crippen molar-refractivity contribution in [1.29, 1.82) is 0 Å². The predicted octanol–water partition coefficient (Wildman–Crippen LogP) is 2.55. The van der Waals surface area contributed by atoms with Gasteiger partial charge in [0, 0.05) is 24.7 Å². The van der Waals surface area contributed by atoms with Crippen molar-refractivity contribution >= 4 is 12.1 Å². The molecular formula is C10H20N2S. The number of hydrogen-bond donors (Lipinski definition) is 1. The minimum absolute atomic E-state index is 0.817. The van der Waals surface area contributed by atoms with Crippen molar-refractivity contribution < 1.29 is 0 Å². The average Bonchev–Trinajstić information content (AvgIpc) is 2.99. The molecule has 13 heavy (non-hydrogen) atoms. The minimum atomic E-state index is 0.817. The molecule has 2 N–H and O–H groups in total. The summed E-state index contributed by atoms with van der Waals surface area (Å²) < 4.78 is 2.41. The molecular weight excluding hydrogens is 180 g/mol. The second-order valence-electron chi connectivity index (χ2n) is 4.44. The van der Waals surface area contributed by atoms with E-state index in [4.69, 9.17) is 5.14 Å². The molecule has 0 unspecified atom stereocenters. The van der Waals surface area contributed by atoms with Gasteiger partial charge in [-0.1, -0.05) is 19.3 Å². The lowest BCUT2D eigenvalue weighted by Gasteiger charge is -2.27. The molecule has 2 nitrogen and oxygen atoms in total. The van der Waals surface area contributed by atoms with Crippen LogP contribution in [-0.4, -0.2) is 16.9 Å². The van der Waals surface area contributed by atoms with Crippen molar-refractivity contribution in [3.05, 3.63) is 0 Å². The van der Waals surface area contributed by atoms with Crippen molar-refractivity contribution in [3.63, 3.8) is 0 Å². The zero-order valence-electron chi connectivity index (χ0n) is 8.24. The Morgan fingerprint density at radius 2 is 1.77 bits per heavy atom. The molecule has 3 heteroatoms. The standard InChI is InChI=1S/C10H20N2S/c11-13-12(10-6-7-10)8-9-4-2-1-3-5-9/h9-10H,1-8,11H2. The van der Waals surface area contributed by atoms with Gasteiger partial charge in [0.2, 0.25) is 0 Å². The Labute approximate surface area is 85.5 Å². The van der Waals surface area contributed by atoms with Crippen LogP contribution in [-0.2, 0) is 0 Å². The van der Waals surface area contributed by atoms with Crippen molar-refractivity contribution in [2.24, 2.45) is 11.1 Å². The van der Waals surface area contributed by atoms with Gasteiger partial charge in [-0.2, -0.15) is 0 Å². The summed E-state index contributed by atoms with van der Waals surface area (Å²) in [6.45, 7) is 1.24. The first-order valence-electron chi connectivity index (χ1n) is 5.53. The zero-order valence-corrected chi connectivity index (χ0v) is 9.06. The maximum Gasteiger partial charge on any atom is 0.0215 e. The van der Waals surface area contributed by atoms with Gasteiger partial charge in [0.15, 0.2) is 0 Å². The smallest absolute Gasteiger partial charge is 0.0215 e. The fourth-order valence-corrected chi connectivity index (χ4v) is 2.94. The molecule has 0 aromatic rings. The van der Waals surface area contributed by atoms with Crippen LogP contribution >= 0.6 is 12.1 Å². The lowest BCUT2D eigenvalue weighted by Crippen LogP contribution is -2.28. The summed E-state index contributed by atoms with van der Waals surface area (Å²) in [5.41, 5.74) is 0. The third kappa shape index (κ3) is 2.86. The molecule has 0 bridgehead atoms. The van der Waals surface area contributed by atoms with Gasteiger partial charge in [-0.25, -0.2) is 4.31 Å². The highest BCUT2D eigenvalue weighted by molar-refractivity contribution is 7.94. The van der Waals surface area contributed by atoms with Gasteiger partial charge in [-0.05, 0) is 31.6 Å². The molecule has 0 atom stereocenters. The Kier molecular flexibility index (Phi) is 3.52. The van der Waals surface area contributed by atoms with Crippen LogP contribution in [0.25, 0.3) is 0 Å². The van der Waals surface area contributed by atoms with E-state index in [1.54, 1.807) is 0 Å². The molecule has 0 amide bonds. The highest BCUT2D eigenvalue weighted by atomic mass is 32.2. The lowest BCUT2D eigenvalue weighted by atomic mass is 9.89. The summed E-state index contributed by atoms with van der Waals surface area (Å²) in [6.07, 6.45) is 9.95. The molecule has 76 valence electrons. The fraction of sp³-hybridized carbons (Fsp3) is 1.00. The third-order valence-electron chi connectivity index (χ3n) is 3.25.